The van der Waals surface area contributed by atoms with Crippen molar-refractivity contribution in [1.82, 2.24) is 14.8 Å². The molecule has 0 unspecified atom stereocenters. The van der Waals surface area contributed by atoms with Crippen molar-refractivity contribution in [2.75, 3.05) is 5.32 Å². The maximum absolute atomic E-state index is 13.5. The van der Waals surface area contributed by atoms with Crippen LogP contribution >= 0.6 is 0 Å². The van der Waals surface area contributed by atoms with Crippen LogP contribution in [-0.4, -0.2) is 20.7 Å². The van der Waals surface area contributed by atoms with Crippen molar-refractivity contribution in [3.63, 3.8) is 0 Å². The maximum atomic E-state index is 13.5. The number of hydrogen-bond donors (Lipinski definition) is 2. The molecule has 26 heavy (non-hydrogen) atoms. The van der Waals surface area contributed by atoms with Gasteiger partial charge in [-0.15, -0.1) is 5.10 Å². The molecule has 0 atom stereocenters. The van der Waals surface area contributed by atoms with E-state index in [0.717, 1.165) is 22.2 Å². The topological polar surface area (TPSA) is 62.7 Å². The smallest absolute Gasteiger partial charge is 0.273 e. The van der Waals surface area contributed by atoms with Gasteiger partial charge >= 0.3 is 0 Å². The van der Waals surface area contributed by atoms with Crippen molar-refractivity contribution in [3.8, 4) is 5.69 Å². The number of hydrogen-bond acceptors (Lipinski definition) is 2. The zero-order valence-corrected chi connectivity index (χ0v) is 14.4. The van der Waals surface area contributed by atoms with Crippen LogP contribution in [0.15, 0.2) is 54.7 Å². The van der Waals surface area contributed by atoms with Crippen LogP contribution in [0.25, 0.3) is 16.6 Å². The molecule has 0 fully saturated rings. The van der Waals surface area contributed by atoms with Gasteiger partial charge in [-0.2, -0.15) is 0 Å². The second-order valence-electron chi connectivity index (χ2n) is 6.26. The fraction of sp³-hybridized carbons (Fsp3) is 0.100. The molecule has 0 saturated carbocycles. The minimum Gasteiger partial charge on any atom is -0.350 e. The molecule has 0 aliphatic heterocycles. The molecule has 2 heterocycles. The molecule has 130 valence electrons. The Hall–Kier alpha value is -3.41. The molecule has 2 N–H and O–H groups in total. The number of nitrogens with one attached hydrogen (secondary N) is 2. The Balaban J connectivity index is 1.63. The Morgan fingerprint density at radius 2 is 1.88 bits per heavy atom. The molecular weight excluding hydrogens is 331 g/mol. The molecule has 6 heteroatoms. The van der Waals surface area contributed by atoms with E-state index in [2.05, 4.69) is 15.4 Å². The number of anilines is 1. The monoisotopic (exact) mass is 348 g/mol. The summed E-state index contributed by atoms with van der Waals surface area (Å²) in [4.78, 5) is 15.6. The molecule has 4 aromatic rings. The number of fused-ring (bicyclic) bond motifs is 1. The largest absolute Gasteiger partial charge is 0.350 e. The lowest BCUT2D eigenvalue weighted by atomic mass is 10.1. The van der Waals surface area contributed by atoms with Crippen molar-refractivity contribution in [1.29, 1.82) is 0 Å². The van der Waals surface area contributed by atoms with E-state index in [0.29, 0.717) is 17.0 Å². The summed E-state index contributed by atoms with van der Waals surface area (Å²) in [6.45, 7) is 3.69. The Morgan fingerprint density at radius 1 is 1.12 bits per heavy atom. The van der Waals surface area contributed by atoms with Gasteiger partial charge in [0.05, 0.1) is 5.69 Å². The first-order valence-electron chi connectivity index (χ1n) is 8.23. The molecule has 0 aliphatic rings. The van der Waals surface area contributed by atoms with Crippen LogP contribution in [0, 0.1) is 19.7 Å². The van der Waals surface area contributed by atoms with Gasteiger partial charge < -0.3 is 10.3 Å². The van der Waals surface area contributed by atoms with E-state index in [-0.39, 0.29) is 11.7 Å². The SMILES string of the molecule is Cc1cn(-c2ccccc2)nc1NC(=O)c1cc2c(C)cc(F)cc2[nH]1. The molecule has 4 rings (SSSR count). The molecule has 1 amide bonds. The molecule has 0 aliphatic carbocycles. The van der Waals surface area contributed by atoms with E-state index < -0.39 is 0 Å². The van der Waals surface area contributed by atoms with Gasteiger partial charge in [0.25, 0.3) is 5.91 Å². The Morgan fingerprint density at radius 3 is 2.65 bits per heavy atom. The lowest BCUT2D eigenvalue weighted by Gasteiger charge is -2.01. The van der Waals surface area contributed by atoms with Crippen molar-refractivity contribution >= 4 is 22.6 Å². The number of aryl methyl sites for hydroxylation is 2. The van der Waals surface area contributed by atoms with E-state index in [1.54, 1.807) is 10.7 Å². The number of benzene rings is 2. The summed E-state index contributed by atoms with van der Waals surface area (Å²) in [5.74, 6) is -0.163. The van der Waals surface area contributed by atoms with Crippen LogP contribution in [0.4, 0.5) is 10.2 Å². The minimum atomic E-state index is -0.332. The average Bonchev–Trinajstić information content (AvgIpc) is 3.20. The van der Waals surface area contributed by atoms with Crippen molar-refractivity contribution < 1.29 is 9.18 Å². The van der Waals surface area contributed by atoms with Gasteiger partial charge in [0.15, 0.2) is 5.82 Å². The third kappa shape index (κ3) is 2.86. The summed E-state index contributed by atoms with van der Waals surface area (Å²) < 4.78 is 15.3. The summed E-state index contributed by atoms with van der Waals surface area (Å²) in [6.07, 6.45) is 1.86. The zero-order valence-electron chi connectivity index (χ0n) is 14.4. The van der Waals surface area contributed by atoms with Gasteiger partial charge in [-0.05, 0) is 49.7 Å². The van der Waals surface area contributed by atoms with Gasteiger partial charge in [0, 0.05) is 22.7 Å². The first-order chi connectivity index (χ1) is 12.5. The number of nitrogens with zero attached hydrogens (tertiary/aromatic N) is 2. The molecule has 2 aromatic carbocycles. The highest BCUT2D eigenvalue weighted by atomic mass is 19.1. The molecule has 0 bridgehead atoms. The van der Waals surface area contributed by atoms with Crippen LogP contribution in [0.2, 0.25) is 0 Å². The van der Waals surface area contributed by atoms with Gasteiger partial charge in [0.2, 0.25) is 0 Å². The number of carbonyl (C=O) groups excluding carboxylic acids is 1. The van der Waals surface area contributed by atoms with E-state index >= 15 is 0 Å². The van der Waals surface area contributed by atoms with Gasteiger partial charge in [-0.25, -0.2) is 9.07 Å². The Labute approximate surface area is 149 Å². The predicted molar refractivity (Wildman–Crippen MR) is 99.2 cm³/mol. The number of carbonyl (C=O) groups is 1. The summed E-state index contributed by atoms with van der Waals surface area (Å²) in [5.41, 5.74) is 3.50. The summed E-state index contributed by atoms with van der Waals surface area (Å²) >= 11 is 0. The van der Waals surface area contributed by atoms with Crippen molar-refractivity contribution in [2.24, 2.45) is 0 Å². The van der Waals surface area contributed by atoms with Crippen molar-refractivity contribution in [3.05, 3.63) is 77.4 Å². The molecule has 2 aromatic heterocycles. The zero-order chi connectivity index (χ0) is 18.3. The third-order valence-electron chi connectivity index (χ3n) is 4.30. The van der Waals surface area contributed by atoms with Crippen LogP contribution < -0.4 is 5.32 Å². The number of H-pyrrole nitrogens is 1. The number of halogens is 1. The number of amides is 1. The summed E-state index contributed by atoms with van der Waals surface area (Å²) in [6, 6.07) is 14.2. The van der Waals surface area contributed by atoms with Crippen LogP contribution in [0.3, 0.4) is 0 Å². The third-order valence-corrected chi connectivity index (χ3v) is 4.30. The van der Waals surface area contributed by atoms with Gasteiger partial charge in [-0.3, -0.25) is 4.79 Å². The second kappa shape index (κ2) is 6.15. The molecule has 0 radical (unpaired) electrons. The maximum Gasteiger partial charge on any atom is 0.273 e. The predicted octanol–water partition coefficient (Wildman–Crippen LogP) is 4.36. The van der Waals surface area contributed by atoms with Crippen LogP contribution in [-0.2, 0) is 0 Å². The highest BCUT2D eigenvalue weighted by Gasteiger charge is 2.15. The fourth-order valence-corrected chi connectivity index (χ4v) is 2.97. The molecule has 0 spiro atoms. The molecule has 0 saturated heterocycles. The standard InChI is InChI=1S/C20H17FN4O/c1-12-8-14(21)9-17-16(12)10-18(22-17)20(26)23-19-13(2)11-25(24-19)15-6-4-3-5-7-15/h3-11,22H,1-2H3,(H,23,24,26). The highest BCUT2D eigenvalue weighted by Crippen LogP contribution is 2.22. The Bertz CT molecular complexity index is 1110. The average molecular weight is 348 g/mol. The van der Waals surface area contributed by atoms with E-state index in [4.69, 9.17) is 0 Å². The van der Waals surface area contributed by atoms with Gasteiger partial charge in [-0.1, -0.05) is 18.2 Å². The normalized spacial score (nSPS) is 11.0. The first kappa shape index (κ1) is 16.1. The Kier molecular flexibility index (Phi) is 3.80. The minimum absolute atomic E-state index is 0.317. The van der Waals surface area contributed by atoms with Crippen molar-refractivity contribution in [2.45, 2.75) is 13.8 Å². The van der Waals surface area contributed by atoms with E-state index in [1.165, 1.54) is 12.1 Å². The number of rotatable bonds is 3. The fourth-order valence-electron chi connectivity index (χ4n) is 2.97. The van der Waals surface area contributed by atoms with E-state index in [1.807, 2.05) is 50.4 Å². The lowest BCUT2D eigenvalue weighted by Crippen LogP contribution is -2.13. The first-order valence-corrected chi connectivity index (χ1v) is 8.23. The quantitative estimate of drug-likeness (QED) is 0.578. The van der Waals surface area contributed by atoms with Crippen LogP contribution in [0.1, 0.15) is 21.6 Å². The number of para-hydroxylation sites is 1. The highest BCUT2D eigenvalue weighted by molar-refractivity contribution is 6.06. The summed E-state index contributed by atoms with van der Waals surface area (Å²) in [7, 11) is 0. The van der Waals surface area contributed by atoms with Crippen LogP contribution in [0.5, 0.6) is 0 Å². The second-order valence-corrected chi connectivity index (χ2v) is 6.26. The lowest BCUT2D eigenvalue weighted by molar-refractivity contribution is 0.102. The number of aromatic amines is 1. The number of aromatic nitrogens is 3. The summed E-state index contributed by atoms with van der Waals surface area (Å²) in [5, 5.41) is 8.08. The van der Waals surface area contributed by atoms with E-state index in [9.17, 15) is 9.18 Å². The van der Waals surface area contributed by atoms with Gasteiger partial charge in [0.1, 0.15) is 11.5 Å². The molecular formula is C20H17FN4O. The molecule has 5 nitrogen and oxygen atoms in total.